The van der Waals surface area contributed by atoms with Crippen molar-refractivity contribution in [2.24, 2.45) is 0 Å². The van der Waals surface area contributed by atoms with Gasteiger partial charge in [-0.05, 0) is 55.0 Å². The summed E-state index contributed by atoms with van der Waals surface area (Å²) in [6, 6.07) is 18.4. The maximum atomic E-state index is 13.2. The van der Waals surface area contributed by atoms with Gasteiger partial charge in [-0.2, -0.15) is 13.2 Å². The number of nitrogens with zero attached hydrogens (tertiary/aromatic N) is 2. The van der Waals surface area contributed by atoms with Crippen LogP contribution in [0.25, 0.3) is 6.08 Å². The predicted octanol–water partition coefficient (Wildman–Crippen LogP) is 6.06. The van der Waals surface area contributed by atoms with Crippen molar-refractivity contribution in [3.63, 3.8) is 0 Å². The Kier molecular flexibility index (Phi) is 6.72. The van der Waals surface area contributed by atoms with Crippen molar-refractivity contribution in [3.8, 4) is 0 Å². The molecule has 0 aromatic heterocycles. The third kappa shape index (κ3) is 5.51. The number of benzene rings is 3. The Morgan fingerprint density at radius 3 is 2.46 bits per heavy atom. The van der Waals surface area contributed by atoms with Gasteiger partial charge in [0.2, 0.25) is 0 Å². The van der Waals surface area contributed by atoms with E-state index < -0.39 is 11.7 Å². The summed E-state index contributed by atoms with van der Waals surface area (Å²) in [5.41, 5.74) is 2.90. The van der Waals surface area contributed by atoms with Crippen molar-refractivity contribution in [2.75, 3.05) is 36.4 Å². The molecule has 0 spiro atoms. The maximum Gasteiger partial charge on any atom is 0.416 e. The number of alkyl halides is 3. The molecule has 5 nitrogen and oxygen atoms in total. The van der Waals surface area contributed by atoms with Gasteiger partial charge in [0, 0.05) is 42.3 Å². The molecule has 9 heteroatoms. The molecule has 190 valence electrons. The summed E-state index contributed by atoms with van der Waals surface area (Å²) < 4.78 is 39.2. The molecule has 2 aliphatic heterocycles. The van der Waals surface area contributed by atoms with E-state index in [-0.39, 0.29) is 11.8 Å². The zero-order chi connectivity index (χ0) is 26.2. The number of fused-ring (bicyclic) bond motifs is 1. The number of carbonyl (C=O) groups is 2. The van der Waals surface area contributed by atoms with Gasteiger partial charge in [0.15, 0.2) is 0 Å². The first kappa shape index (κ1) is 25.0. The molecule has 2 amide bonds. The van der Waals surface area contributed by atoms with Crippen molar-refractivity contribution in [1.82, 2.24) is 4.90 Å². The molecule has 0 aliphatic carbocycles. The molecule has 3 aromatic rings. The highest BCUT2D eigenvalue weighted by atomic mass is 32.2. The van der Waals surface area contributed by atoms with Crippen LogP contribution in [-0.2, 0) is 11.0 Å². The summed E-state index contributed by atoms with van der Waals surface area (Å²) in [7, 11) is 0. The number of anilines is 2. The lowest BCUT2D eigenvalue weighted by Gasteiger charge is -2.36. The minimum Gasteiger partial charge on any atom is -0.368 e. The summed E-state index contributed by atoms with van der Waals surface area (Å²) in [6.45, 7) is 3.62. The van der Waals surface area contributed by atoms with E-state index in [4.69, 9.17) is 0 Å². The van der Waals surface area contributed by atoms with Crippen molar-refractivity contribution in [1.29, 1.82) is 0 Å². The molecule has 37 heavy (non-hydrogen) atoms. The van der Waals surface area contributed by atoms with Gasteiger partial charge in [-0.1, -0.05) is 47.7 Å². The third-order valence-electron chi connectivity index (χ3n) is 6.36. The van der Waals surface area contributed by atoms with Crippen LogP contribution in [0.15, 0.2) is 76.5 Å². The average molecular weight is 524 g/mol. The van der Waals surface area contributed by atoms with E-state index in [1.54, 1.807) is 23.1 Å². The molecule has 1 fully saturated rings. The Balaban J connectivity index is 1.26. The summed E-state index contributed by atoms with van der Waals surface area (Å²) >= 11 is 1.36. The SMILES string of the molecule is Cc1cccc(/C=C2/Sc3ccc(C(=O)N4CCN(c5cccc(C(F)(F)F)c5)CC4)cc3NC2=O)c1. The minimum atomic E-state index is -4.40. The first-order chi connectivity index (χ1) is 17.7. The molecular formula is C28H24F3N3O2S. The van der Waals surface area contributed by atoms with Crippen LogP contribution in [0.1, 0.15) is 27.0 Å². The van der Waals surface area contributed by atoms with Gasteiger partial charge in [0.05, 0.1) is 16.2 Å². The Hall–Kier alpha value is -3.72. The average Bonchev–Trinajstić information content (AvgIpc) is 2.88. The fourth-order valence-electron chi connectivity index (χ4n) is 4.43. The second kappa shape index (κ2) is 9.97. The number of thioether (sulfide) groups is 1. The van der Waals surface area contributed by atoms with E-state index in [0.717, 1.165) is 28.2 Å². The topological polar surface area (TPSA) is 52.7 Å². The molecule has 3 aromatic carbocycles. The number of rotatable bonds is 3. The van der Waals surface area contributed by atoms with Crippen LogP contribution < -0.4 is 10.2 Å². The van der Waals surface area contributed by atoms with Crippen LogP contribution >= 0.6 is 11.8 Å². The fraction of sp³-hybridized carbons (Fsp3) is 0.214. The van der Waals surface area contributed by atoms with Gasteiger partial charge < -0.3 is 15.1 Å². The van der Waals surface area contributed by atoms with E-state index in [9.17, 15) is 22.8 Å². The Labute approximate surface area is 217 Å². The Morgan fingerprint density at radius 2 is 1.73 bits per heavy atom. The highest BCUT2D eigenvalue weighted by Gasteiger charge is 2.31. The number of carbonyl (C=O) groups excluding carboxylic acids is 2. The van der Waals surface area contributed by atoms with Gasteiger partial charge >= 0.3 is 6.18 Å². The normalized spacial score (nSPS) is 17.0. The highest BCUT2D eigenvalue weighted by molar-refractivity contribution is 8.04. The number of aryl methyl sites for hydroxylation is 1. The van der Waals surface area contributed by atoms with Gasteiger partial charge in [0.25, 0.3) is 11.8 Å². The molecule has 2 heterocycles. The summed E-state index contributed by atoms with van der Waals surface area (Å²) in [5, 5.41) is 2.89. The number of amides is 2. The number of nitrogens with one attached hydrogen (secondary N) is 1. The van der Waals surface area contributed by atoms with Crippen LogP contribution in [0, 0.1) is 6.92 Å². The fourth-order valence-corrected chi connectivity index (χ4v) is 5.37. The standard InChI is InChI=1S/C28H24F3N3O2S/c1-18-4-2-5-19(14-18)15-25-26(35)32-23-16-20(8-9-24(23)37-25)27(36)34-12-10-33(11-13-34)22-7-3-6-21(17-22)28(29,30)31/h2-9,14-17H,10-13H2,1H3,(H,32,35)/b25-15+. The van der Waals surface area contributed by atoms with E-state index in [2.05, 4.69) is 5.32 Å². The van der Waals surface area contributed by atoms with Crippen molar-refractivity contribution in [2.45, 2.75) is 18.0 Å². The van der Waals surface area contributed by atoms with Gasteiger partial charge in [-0.3, -0.25) is 9.59 Å². The molecular weight excluding hydrogens is 499 g/mol. The minimum absolute atomic E-state index is 0.174. The second-order valence-electron chi connectivity index (χ2n) is 9.02. The van der Waals surface area contributed by atoms with Crippen LogP contribution in [-0.4, -0.2) is 42.9 Å². The monoisotopic (exact) mass is 523 g/mol. The molecule has 5 rings (SSSR count). The quantitative estimate of drug-likeness (QED) is 0.424. The van der Waals surface area contributed by atoms with Gasteiger partial charge in [0.1, 0.15) is 0 Å². The van der Waals surface area contributed by atoms with Crippen molar-refractivity contribution >= 4 is 41.0 Å². The van der Waals surface area contributed by atoms with E-state index in [1.807, 2.05) is 48.2 Å². The van der Waals surface area contributed by atoms with Crippen LogP contribution in [0.4, 0.5) is 24.5 Å². The number of hydrogen-bond donors (Lipinski definition) is 1. The summed E-state index contributed by atoms with van der Waals surface area (Å²) in [4.78, 5) is 30.8. The number of hydrogen-bond acceptors (Lipinski definition) is 4. The number of halogens is 3. The lowest BCUT2D eigenvalue weighted by atomic mass is 10.1. The first-order valence-corrected chi connectivity index (χ1v) is 12.6. The molecule has 0 bridgehead atoms. The Bertz CT molecular complexity index is 1400. The second-order valence-corrected chi connectivity index (χ2v) is 10.1. The molecule has 0 saturated carbocycles. The van der Waals surface area contributed by atoms with Gasteiger partial charge in [-0.15, -0.1) is 0 Å². The lowest BCUT2D eigenvalue weighted by molar-refractivity contribution is -0.137. The smallest absolute Gasteiger partial charge is 0.368 e. The van der Waals surface area contributed by atoms with Crippen LogP contribution in [0.3, 0.4) is 0 Å². The Morgan fingerprint density at radius 1 is 0.973 bits per heavy atom. The first-order valence-electron chi connectivity index (χ1n) is 11.8. The molecule has 0 atom stereocenters. The zero-order valence-corrected chi connectivity index (χ0v) is 20.8. The summed E-state index contributed by atoms with van der Waals surface area (Å²) in [6.07, 6.45) is -2.55. The largest absolute Gasteiger partial charge is 0.416 e. The lowest BCUT2D eigenvalue weighted by Crippen LogP contribution is -2.48. The summed E-state index contributed by atoms with van der Waals surface area (Å²) in [5.74, 6) is -0.398. The molecule has 1 saturated heterocycles. The zero-order valence-electron chi connectivity index (χ0n) is 20.0. The predicted molar refractivity (Wildman–Crippen MR) is 140 cm³/mol. The molecule has 0 unspecified atom stereocenters. The molecule has 2 aliphatic rings. The van der Waals surface area contributed by atoms with E-state index >= 15 is 0 Å². The maximum absolute atomic E-state index is 13.2. The van der Waals surface area contributed by atoms with E-state index in [0.29, 0.717) is 48.0 Å². The molecule has 1 N–H and O–H groups in total. The highest BCUT2D eigenvalue weighted by Crippen LogP contribution is 2.39. The van der Waals surface area contributed by atoms with Crippen molar-refractivity contribution < 1.29 is 22.8 Å². The van der Waals surface area contributed by atoms with Gasteiger partial charge in [-0.25, -0.2) is 0 Å². The van der Waals surface area contributed by atoms with Crippen molar-refractivity contribution in [3.05, 3.63) is 93.9 Å². The number of piperazine rings is 1. The van der Waals surface area contributed by atoms with Crippen LogP contribution in [0.2, 0.25) is 0 Å². The third-order valence-corrected chi connectivity index (χ3v) is 7.46. The van der Waals surface area contributed by atoms with Crippen LogP contribution in [0.5, 0.6) is 0 Å². The molecule has 0 radical (unpaired) electrons. The van der Waals surface area contributed by atoms with E-state index in [1.165, 1.54) is 17.8 Å².